The number of nitriles is 1. The Bertz CT molecular complexity index is 702. The Balaban J connectivity index is 1.87. The summed E-state index contributed by atoms with van der Waals surface area (Å²) in [5.74, 6) is 1.94. The van der Waals surface area contributed by atoms with E-state index in [2.05, 4.69) is 11.1 Å². The molecular weight excluding hydrogens is 296 g/mol. The summed E-state index contributed by atoms with van der Waals surface area (Å²) in [6, 6.07) is 11.2. The van der Waals surface area contributed by atoms with Crippen LogP contribution in [0.3, 0.4) is 0 Å². The summed E-state index contributed by atoms with van der Waals surface area (Å²) in [6.07, 6.45) is 2.51. The summed E-state index contributed by atoms with van der Waals surface area (Å²) in [7, 11) is 0. The number of aromatic amines is 1. The van der Waals surface area contributed by atoms with Gasteiger partial charge in [0.2, 0.25) is 5.43 Å². The van der Waals surface area contributed by atoms with Crippen molar-refractivity contribution in [1.82, 2.24) is 4.98 Å². The highest BCUT2D eigenvalue weighted by molar-refractivity contribution is 7.97. The third kappa shape index (κ3) is 4.68. The Morgan fingerprint density at radius 1 is 1.27 bits per heavy atom. The van der Waals surface area contributed by atoms with Gasteiger partial charge in [0, 0.05) is 29.5 Å². The predicted molar refractivity (Wildman–Crippen MR) is 89.0 cm³/mol. The fraction of sp³-hybridized carbons (Fsp3) is 0.294. The highest BCUT2D eigenvalue weighted by Crippen LogP contribution is 2.17. The Labute approximate surface area is 134 Å². The van der Waals surface area contributed by atoms with E-state index in [0.717, 1.165) is 29.2 Å². The Kier molecular flexibility index (Phi) is 6.11. The molecule has 0 spiro atoms. The molecule has 22 heavy (non-hydrogen) atoms. The number of rotatable bonds is 7. The van der Waals surface area contributed by atoms with Crippen LogP contribution in [0.15, 0.2) is 41.3 Å². The van der Waals surface area contributed by atoms with Crippen LogP contribution in [-0.2, 0) is 11.5 Å². The maximum Gasteiger partial charge on any atom is 0.223 e. The van der Waals surface area contributed by atoms with E-state index in [1.807, 2.05) is 31.2 Å². The fourth-order valence-electron chi connectivity index (χ4n) is 1.86. The molecule has 0 aliphatic rings. The van der Waals surface area contributed by atoms with Crippen molar-refractivity contribution in [3.05, 3.63) is 63.6 Å². The second-order valence-corrected chi connectivity index (χ2v) is 5.82. The third-order valence-corrected chi connectivity index (χ3v) is 4.06. The summed E-state index contributed by atoms with van der Waals surface area (Å²) in [5, 5.41) is 8.76. The molecule has 0 saturated heterocycles. The molecule has 2 rings (SSSR count). The van der Waals surface area contributed by atoms with Crippen LogP contribution < -0.4 is 10.2 Å². The normalized spacial score (nSPS) is 10.2. The number of thioether (sulfide) groups is 1. The van der Waals surface area contributed by atoms with Crippen LogP contribution in [0.1, 0.15) is 30.2 Å². The highest BCUT2D eigenvalue weighted by Gasteiger charge is 2.03. The van der Waals surface area contributed by atoms with Gasteiger partial charge in [-0.1, -0.05) is 19.1 Å². The summed E-state index contributed by atoms with van der Waals surface area (Å²) >= 11 is 1.71. The zero-order valence-corrected chi connectivity index (χ0v) is 13.3. The Morgan fingerprint density at radius 2 is 2.05 bits per heavy atom. The average molecular weight is 314 g/mol. The summed E-state index contributed by atoms with van der Waals surface area (Å²) in [6.45, 7) is 2.55. The summed E-state index contributed by atoms with van der Waals surface area (Å²) in [5.41, 5.74) is 2.63. The van der Waals surface area contributed by atoms with E-state index in [0.29, 0.717) is 17.9 Å². The third-order valence-electron chi connectivity index (χ3n) is 3.01. The number of hydrogen-bond acceptors (Lipinski definition) is 4. The molecule has 4 nitrogen and oxygen atoms in total. The van der Waals surface area contributed by atoms with Crippen LogP contribution in [-0.4, -0.2) is 11.6 Å². The van der Waals surface area contributed by atoms with Gasteiger partial charge >= 0.3 is 0 Å². The molecule has 5 heteroatoms. The van der Waals surface area contributed by atoms with Gasteiger partial charge in [-0.25, -0.2) is 0 Å². The van der Waals surface area contributed by atoms with Crippen molar-refractivity contribution in [1.29, 1.82) is 5.26 Å². The van der Waals surface area contributed by atoms with Gasteiger partial charge in [-0.3, -0.25) is 4.79 Å². The van der Waals surface area contributed by atoms with E-state index in [4.69, 9.17) is 10.00 Å². The van der Waals surface area contributed by atoms with Crippen LogP contribution in [0, 0.1) is 11.3 Å². The topological polar surface area (TPSA) is 65.9 Å². The standard InChI is InChI=1S/C17H18N2O2S/c1-2-7-21-17-10-19-15(8-16(17)20)12-22-11-14-5-3-13(9-18)4-6-14/h3-6,8,10H,2,7,11-12H2,1H3,(H,19,20). The monoisotopic (exact) mass is 314 g/mol. The lowest BCUT2D eigenvalue weighted by Crippen LogP contribution is -2.09. The van der Waals surface area contributed by atoms with Crippen LogP contribution in [0.25, 0.3) is 0 Å². The predicted octanol–water partition coefficient (Wildman–Crippen LogP) is 3.47. The van der Waals surface area contributed by atoms with Crippen LogP contribution >= 0.6 is 11.8 Å². The minimum atomic E-state index is -0.0822. The number of nitrogens with zero attached hydrogens (tertiary/aromatic N) is 1. The van der Waals surface area contributed by atoms with Gasteiger partial charge in [-0.15, -0.1) is 0 Å². The zero-order chi connectivity index (χ0) is 15.8. The molecule has 1 aromatic carbocycles. The largest absolute Gasteiger partial charge is 0.488 e. The van der Waals surface area contributed by atoms with Crippen molar-refractivity contribution < 1.29 is 4.74 Å². The lowest BCUT2D eigenvalue weighted by atomic mass is 10.2. The van der Waals surface area contributed by atoms with E-state index in [-0.39, 0.29) is 5.43 Å². The van der Waals surface area contributed by atoms with E-state index in [1.54, 1.807) is 24.0 Å². The molecule has 0 radical (unpaired) electrons. The lowest BCUT2D eigenvalue weighted by molar-refractivity contribution is 0.313. The van der Waals surface area contributed by atoms with Crippen molar-refractivity contribution in [2.24, 2.45) is 0 Å². The summed E-state index contributed by atoms with van der Waals surface area (Å²) in [4.78, 5) is 15.0. The van der Waals surface area contributed by atoms with E-state index in [9.17, 15) is 4.79 Å². The van der Waals surface area contributed by atoms with Gasteiger partial charge in [-0.05, 0) is 24.1 Å². The van der Waals surface area contributed by atoms with Crippen molar-refractivity contribution >= 4 is 11.8 Å². The number of ether oxygens (including phenoxy) is 1. The molecule has 0 bridgehead atoms. The van der Waals surface area contributed by atoms with E-state index >= 15 is 0 Å². The molecule has 114 valence electrons. The summed E-state index contributed by atoms with van der Waals surface area (Å²) < 4.78 is 5.36. The van der Waals surface area contributed by atoms with Gasteiger partial charge in [0.25, 0.3) is 0 Å². The van der Waals surface area contributed by atoms with Gasteiger partial charge in [0.15, 0.2) is 5.75 Å². The first kappa shape index (κ1) is 16.2. The van der Waals surface area contributed by atoms with Crippen molar-refractivity contribution in [3.8, 4) is 11.8 Å². The van der Waals surface area contributed by atoms with Crippen molar-refractivity contribution in [3.63, 3.8) is 0 Å². The zero-order valence-electron chi connectivity index (χ0n) is 12.5. The molecule has 0 saturated carbocycles. The number of aromatic nitrogens is 1. The van der Waals surface area contributed by atoms with Crippen molar-refractivity contribution in [2.45, 2.75) is 24.9 Å². The van der Waals surface area contributed by atoms with E-state index in [1.165, 1.54) is 0 Å². The highest BCUT2D eigenvalue weighted by atomic mass is 32.2. The first-order valence-electron chi connectivity index (χ1n) is 7.14. The molecule has 0 unspecified atom stereocenters. The van der Waals surface area contributed by atoms with Gasteiger partial charge in [-0.2, -0.15) is 17.0 Å². The number of pyridine rings is 1. The van der Waals surface area contributed by atoms with Crippen LogP contribution in [0.2, 0.25) is 0 Å². The maximum atomic E-state index is 11.9. The molecule has 1 heterocycles. The van der Waals surface area contributed by atoms with Crippen LogP contribution in [0.5, 0.6) is 5.75 Å². The molecule has 0 fully saturated rings. The second-order valence-electron chi connectivity index (χ2n) is 4.84. The van der Waals surface area contributed by atoms with Crippen LogP contribution in [0.4, 0.5) is 0 Å². The molecule has 1 N–H and O–H groups in total. The molecule has 0 aliphatic heterocycles. The van der Waals surface area contributed by atoms with Crippen molar-refractivity contribution in [2.75, 3.05) is 6.61 Å². The smallest absolute Gasteiger partial charge is 0.223 e. The number of H-pyrrole nitrogens is 1. The first-order chi connectivity index (χ1) is 10.7. The maximum absolute atomic E-state index is 11.9. The second kappa shape index (κ2) is 8.30. The molecule has 2 aromatic rings. The Morgan fingerprint density at radius 3 is 2.68 bits per heavy atom. The van der Waals surface area contributed by atoms with E-state index < -0.39 is 0 Å². The lowest BCUT2D eigenvalue weighted by Gasteiger charge is -2.06. The minimum absolute atomic E-state index is 0.0822. The van der Waals surface area contributed by atoms with Gasteiger partial charge < -0.3 is 9.72 Å². The number of nitrogens with one attached hydrogen (secondary N) is 1. The quantitative estimate of drug-likeness (QED) is 0.850. The Hall–Kier alpha value is -2.19. The van der Waals surface area contributed by atoms with Gasteiger partial charge in [0.05, 0.1) is 18.2 Å². The SMILES string of the molecule is CCCOc1c[nH]c(CSCc2ccc(C#N)cc2)cc1=O. The van der Waals surface area contributed by atoms with Gasteiger partial charge in [0.1, 0.15) is 0 Å². The molecule has 1 aromatic heterocycles. The minimum Gasteiger partial charge on any atom is -0.488 e. The molecule has 0 aliphatic carbocycles. The molecular formula is C17H18N2O2S. The fourth-order valence-corrected chi connectivity index (χ4v) is 2.78. The molecule has 0 amide bonds. The number of benzene rings is 1. The first-order valence-corrected chi connectivity index (χ1v) is 8.29. The average Bonchev–Trinajstić information content (AvgIpc) is 2.55. The number of hydrogen-bond donors (Lipinski definition) is 1. The molecule has 0 atom stereocenters.